The number of carbonyl (C=O) groups is 6. The molecule has 0 saturated heterocycles. The largest absolute Gasteiger partial charge is 0.354 e. The van der Waals surface area contributed by atoms with Gasteiger partial charge in [-0.15, -0.1) is 0 Å². The third-order valence-corrected chi connectivity index (χ3v) is 8.39. The fraction of sp³-hybridized carbons (Fsp3) is 0.459. The fourth-order valence-corrected chi connectivity index (χ4v) is 5.07. The van der Waals surface area contributed by atoms with E-state index in [2.05, 4.69) is 33.5 Å². The SMILES string of the molecule is CC1(C)CNC(=O)CNC(=O)[C@H](Cc2ccc(F)cc2)NC(=O)CNC(=O)/C=C\C(=O)N[C@@H]1C=O.CC1CCCCC1.Cc1ccc([N+](=O)[O-])cc1. The van der Waals surface area contributed by atoms with Gasteiger partial charge in [0.15, 0.2) is 0 Å². The lowest BCUT2D eigenvalue weighted by atomic mass is 9.85. The molecule has 282 valence electrons. The standard InChI is InChI=1S/C23H28FN5O6.C7H7NO2.C7H14/c1-23(2)13-27-20(33)10-26-22(35)16(9-14-3-5-15(24)6-4-14)28-21(34)11-25-18(31)7-8-19(32)29-17(23)12-30;1-6-2-4-7(5-3-6)8(9)10;1-7-5-3-2-4-6-7/h3-8,12,16-17H,9-11,13H2,1-2H3,(H,25,31)(H,26,35)(H,27,33)(H,28,34)(H,29,32);2-5H,1H3;7H,2-6H2,1H3/b8-7-;;/t16-,17+;;/m0../s1. The highest BCUT2D eigenvalue weighted by molar-refractivity contribution is 5.99. The van der Waals surface area contributed by atoms with Gasteiger partial charge in [-0.05, 0) is 30.5 Å². The summed E-state index contributed by atoms with van der Waals surface area (Å²) in [6, 6.07) is 9.66. The number of nitrogens with zero attached hydrogens (tertiary/aromatic N) is 1. The highest BCUT2D eigenvalue weighted by Crippen LogP contribution is 2.22. The van der Waals surface area contributed by atoms with Gasteiger partial charge in [-0.25, -0.2) is 4.39 Å². The van der Waals surface area contributed by atoms with Crippen molar-refractivity contribution in [2.24, 2.45) is 11.3 Å². The maximum Gasteiger partial charge on any atom is 0.269 e. The van der Waals surface area contributed by atoms with Gasteiger partial charge in [0.05, 0.1) is 24.1 Å². The molecule has 52 heavy (non-hydrogen) atoms. The Balaban J connectivity index is 0.000000444. The Bertz CT molecular complexity index is 1560. The van der Waals surface area contributed by atoms with Crippen LogP contribution >= 0.6 is 0 Å². The van der Waals surface area contributed by atoms with Crippen molar-refractivity contribution >= 4 is 41.5 Å². The van der Waals surface area contributed by atoms with Gasteiger partial charge < -0.3 is 31.4 Å². The van der Waals surface area contributed by atoms with Crippen LogP contribution in [0.1, 0.15) is 64.0 Å². The molecule has 5 N–H and O–H groups in total. The molecule has 1 saturated carbocycles. The topological polar surface area (TPSA) is 206 Å². The molecule has 0 bridgehead atoms. The Hall–Kier alpha value is -5.47. The van der Waals surface area contributed by atoms with E-state index < -0.39 is 70.9 Å². The molecule has 0 unspecified atom stereocenters. The lowest BCUT2D eigenvalue weighted by Gasteiger charge is -2.31. The van der Waals surface area contributed by atoms with E-state index in [1.54, 1.807) is 26.0 Å². The van der Waals surface area contributed by atoms with Gasteiger partial charge in [-0.2, -0.15) is 0 Å². The number of aldehydes is 1. The Kier molecular flexibility index (Phi) is 17.8. The highest BCUT2D eigenvalue weighted by Gasteiger charge is 2.31. The number of amides is 5. The number of non-ortho nitro benzene ring substituents is 1. The van der Waals surface area contributed by atoms with Crippen LogP contribution < -0.4 is 26.6 Å². The van der Waals surface area contributed by atoms with E-state index in [0.717, 1.165) is 23.6 Å². The lowest BCUT2D eigenvalue weighted by Crippen LogP contribution is -2.54. The minimum absolute atomic E-state index is 0.00153. The lowest BCUT2D eigenvalue weighted by molar-refractivity contribution is -0.384. The van der Waals surface area contributed by atoms with Crippen molar-refractivity contribution in [1.29, 1.82) is 0 Å². The second-order valence-corrected chi connectivity index (χ2v) is 13.4. The number of carbonyl (C=O) groups excluding carboxylic acids is 6. The molecule has 4 rings (SSSR count). The summed E-state index contributed by atoms with van der Waals surface area (Å²) < 4.78 is 13.2. The molecule has 2 atom stereocenters. The Morgan fingerprint density at radius 3 is 1.98 bits per heavy atom. The average molecular weight is 725 g/mol. The normalized spacial score (nSPS) is 20.9. The van der Waals surface area contributed by atoms with Crippen LogP contribution in [0.5, 0.6) is 0 Å². The molecular weight excluding hydrogens is 675 g/mol. The van der Waals surface area contributed by atoms with E-state index >= 15 is 0 Å². The third kappa shape index (κ3) is 16.5. The number of nitro groups is 1. The van der Waals surface area contributed by atoms with E-state index in [4.69, 9.17) is 0 Å². The summed E-state index contributed by atoms with van der Waals surface area (Å²) in [7, 11) is 0. The first-order valence-corrected chi connectivity index (χ1v) is 17.1. The van der Waals surface area contributed by atoms with Gasteiger partial charge in [-0.3, -0.25) is 34.1 Å². The highest BCUT2D eigenvalue weighted by atomic mass is 19.1. The van der Waals surface area contributed by atoms with Crippen LogP contribution in [0.3, 0.4) is 0 Å². The zero-order chi connectivity index (χ0) is 38.7. The Labute approximate surface area is 302 Å². The van der Waals surface area contributed by atoms with Gasteiger partial charge in [-0.1, -0.05) is 82.7 Å². The third-order valence-electron chi connectivity index (χ3n) is 8.39. The molecule has 14 nitrogen and oxygen atoms in total. The molecule has 0 aromatic heterocycles. The molecule has 0 spiro atoms. The second kappa shape index (κ2) is 21.7. The van der Waals surface area contributed by atoms with E-state index in [1.165, 1.54) is 68.5 Å². The van der Waals surface area contributed by atoms with E-state index in [0.29, 0.717) is 11.8 Å². The van der Waals surface area contributed by atoms with Crippen molar-refractivity contribution in [3.63, 3.8) is 0 Å². The molecule has 2 aromatic carbocycles. The molecule has 15 heteroatoms. The van der Waals surface area contributed by atoms with Crippen LogP contribution in [0.25, 0.3) is 0 Å². The second-order valence-electron chi connectivity index (χ2n) is 13.4. The van der Waals surface area contributed by atoms with Crippen molar-refractivity contribution in [2.45, 2.75) is 78.3 Å². The van der Waals surface area contributed by atoms with E-state index in [9.17, 15) is 43.3 Å². The summed E-state index contributed by atoms with van der Waals surface area (Å²) >= 11 is 0. The van der Waals surface area contributed by atoms with Gasteiger partial charge in [0, 0.05) is 42.7 Å². The predicted molar refractivity (Wildman–Crippen MR) is 192 cm³/mol. The van der Waals surface area contributed by atoms with Crippen LogP contribution in [-0.2, 0) is 35.2 Å². The first kappa shape index (κ1) is 42.7. The number of rotatable bonds is 4. The first-order chi connectivity index (χ1) is 24.6. The maximum absolute atomic E-state index is 13.2. The summed E-state index contributed by atoms with van der Waals surface area (Å²) in [4.78, 5) is 82.6. The molecule has 0 radical (unpaired) electrons. The number of hydrogen-bond acceptors (Lipinski definition) is 8. The monoisotopic (exact) mass is 724 g/mol. The van der Waals surface area contributed by atoms with Crippen molar-refractivity contribution < 1.29 is 38.1 Å². The van der Waals surface area contributed by atoms with Crippen molar-refractivity contribution in [3.05, 3.63) is 87.7 Å². The first-order valence-electron chi connectivity index (χ1n) is 17.1. The van der Waals surface area contributed by atoms with Gasteiger partial charge >= 0.3 is 0 Å². The summed E-state index contributed by atoms with van der Waals surface area (Å²) in [5, 5.41) is 22.3. The zero-order valence-electron chi connectivity index (χ0n) is 30.0. The number of aryl methyl sites for hydroxylation is 1. The van der Waals surface area contributed by atoms with Gasteiger partial charge in [0.25, 0.3) is 5.69 Å². The number of benzene rings is 2. The van der Waals surface area contributed by atoms with E-state index in [-0.39, 0.29) is 18.7 Å². The smallest absolute Gasteiger partial charge is 0.269 e. The summed E-state index contributed by atoms with van der Waals surface area (Å²) in [6.45, 7) is 6.63. The van der Waals surface area contributed by atoms with Crippen molar-refractivity contribution in [2.75, 3.05) is 19.6 Å². The summed E-state index contributed by atoms with van der Waals surface area (Å²) in [6.07, 6.45) is 9.76. The summed E-state index contributed by atoms with van der Waals surface area (Å²) in [5.41, 5.74) is 0.840. The van der Waals surface area contributed by atoms with Crippen LogP contribution in [0.4, 0.5) is 10.1 Å². The number of hydrogen-bond donors (Lipinski definition) is 5. The quantitative estimate of drug-likeness (QED) is 0.180. The van der Waals surface area contributed by atoms with Gasteiger partial charge in [0.2, 0.25) is 29.5 Å². The maximum atomic E-state index is 13.2. The molecule has 2 aliphatic rings. The molecule has 1 aliphatic carbocycles. The van der Waals surface area contributed by atoms with E-state index in [1.807, 2.05) is 6.92 Å². The minimum atomic E-state index is -1.12. The van der Waals surface area contributed by atoms with Gasteiger partial charge in [0.1, 0.15) is 18.1 Å². The van der Waals surface area contributed by atoms with Crippen LogP contribution in [0.2, 0.25) is 0 Å². The Morgan fingerprint density at radius 2 is 1.42 bits per heavy atom. The number of nitro benzene ring substituents is 1. The molecule has 1 heterocycles. The van der Waals surface area contributed by atoms with Crippen molar-refractivity contribution in [3.8, 4) is 0 Å². The van der Waals surface area contributed by atoms with Crippen LogP contribution in [-0.4, -0.2) is 72.5 Å². The van der Waals surface area contributed by atoms with Crippen molar-refractivity contribution in [1.82, 2.24) is 26.6 Å². The number of halogens is 1. The molecule has 1 aliphatic heterocycles. The van der Waals surface area contributed by atoms with Crippen LogP contribution in [0, 0.1) is 34.2 Å². The molecular formula is C37H49FN6O8. The number of nitrogens with one attached hydrogen (secondary N) is 5. The molecule has 2 aromatic rings. The predicted octanol–water partition coefficient (Wildman–Crippen LogP) is 2.97. The molecule has 5 amide bonds. The summed E-state index contributed by atoms with van der Waals surface area (Å²) in [5.74, 6) is -2.81. The minimum Gasteiger partial charge on any atom is -0.354 e. The average Bonchev–Trinajstić information content (AvgIpc) is 3.11. The zero-order valence-corrected chi connectivity index (χ0v) is 30.0. The fourth-order valence-electron chi connectivity index (χ4n) is 5.07. The van der Waals surface area contributed by atoms with Crippen LogP contribution in [0.15, 0.2) is 60.7 Å². The Morgan fingerprint density at radius 1 is 0.827 bits per heavy atom. The molecule has 1 fully saturated rings.